The predicted octanol–water partition coefficient (Wildman–Crippen LogP) is 3.32. The van der Waals surface area contributed by atoms with Crippen LogP contribution in [0.3, 0.4) is 0 Å². The number of benzene rings is 1. The van der Waals surface area contributed by atoms with Crippen molar-refractivity contribution in [3.8, 4) is 11.8 Å². The van der Waals surface area contributed by atoms with Crippen molar-refractivity contribution in [2.75, 3.05) is 0 Å². The molecule has 2 aromatic rings. The zero-order valence-corrected chi connectivity index (χ0v) is 11.3. The zero-order chi connectivity index (χ0) is 12.4. The fourth-order valence-corrected chi connectivity index (χ4v) is 2.09. The monoisotopic (exact) mass is 289 g/mol. The Balaban J connectivity index is 2.50. The third-order valence-electron chi connectivity index (χ3n) is 2.60. The van der Waals surface area contributed by atoms with Crippen LogP contribution in [0, 0.1) is 25.2 Å². The Morgan fingerprint density at radius 3 is 2.88 bits per heavy atom. The summed E-state index contributed by atoms with van der Waals surface area (Å²) in [4.78, 5) is 0. The minimum atomic E-state index is 0.318. The number of hydrogen-bond acceptors (Lipinski definition) is 2. The first-order valence-electron chi connectivity index (χ1n) is 5.30. The van der Waals surface area contributed by atoms with Gasteiger partial charge in [-0.3, -0.25) is 0 Å². The van der Waals surface area contributed by atoms with Gasteiger partial charge in [0.05, 0.1) is 28.3 Å². The summed E-state index contributed by atoms with van der Waals surface area (Å²) in [5, 5.41) is 13.1. The standard InChI is InChI=1S/C13H12BrN3/c1-9-3-4-10(2)13(7-9)17-8-11(14)12(16-17)5-6-15/h3-4,7-8H,5H2,1-2H3. The van der Waals surface area contributed by atoms with Crippen LogP contribution < -0.4 is 0 Å². The van der Waals surface area contributed by atoms with Crippen LogP contribution in [0.15, 0.2) is 28.9 Å². The third-order valence-corrected chi connectivity index (χ3v) is 3.26. The second-order valence-corrected chi connectivity index (χ2v) is 4.85. The van der Waals surface area contributed by atoms with Gasteiger partial charge in [-0.1, -0.05) is 12.1 Å². The molecule has 0 aliphatic rings. The maximum atomic E-state index is 8.70. The highest BCUT2D eigenvalue weighted by atomic mass is 79.9. The van der Waals surface area contributed by atoms with Crippen LogP contribution in [-0.4, -0.2) is 9.78 Å². The Bertz CT molecular complexity index is 593. The first-order valence-corrected chi connectivity index (χ1v) is 6.09. The maximum absolute atomic E-state index is 8.70. The summed E-state index contributed by atoms with van der Waals surface area (Å²) in [6, 6.07) is 8.35. The Hall–Kier alpha value is -1.60. The highest BCUT2D eigenvalue weighted by molar-refractivity contribution is 9.10. The lowest BCUT2D eigenvalue weighted by Crippen LogP contribution is -1.99. The molecule has 0 fully saturated rings. The second kappa shape index (κ2) is 4.72. The van der Waals surface area contributed by atoms with Gasteiger partial charge in [0.25, 0.3) is 0 Å². The SMILES string of the molecule is Cc1ccc(C)c(-n2cc(Br)c(CC#N)n2)c1. The van der Waals surface area contributed by atoms with Gasteiger partial charge in [-0.05, 0) is 47.0 Å². The van der Waals surface area contributed by atoms with Gasteiger partial charge in [-0.25, -0.2) is 4.68 Å². The molecule has 0 N–H and O–H groups in total. The molecule has 0 unspecified atom stereocenters. The van der Waals surface area contributed by atoms with Crippen molar-refractivity contribution in [1.82, 2.24) is 9.78 Å². The Labute approximate surface area is 109 Å². The van der Waals surface area contributed by atoms with Gasteiger partial charge >= 0.3 is 0 Å². The number of aromatic nitrogens is 2. The Morgan fingerprint density at radius 1 is 1.41 bits per heavy atom. The van der Waals surface area contributed by atoms with Gasteiger partial charge in [-0.15, -0.1) is 0 Å². The predicted molar refractivity (Wildman–Crippen MR) is 70.1 cm³/mol. The summed E-state index contributed by atoms with van der Waals surface area (Å²) in [5.74, 6) is 0. The van der Waals surface area contributed by atoms with Crippen molar-refractivity contribution in [1.29, 1.82) is 5.26 Å². The fraction of sp³-hybridized carbons (Fsp3) is 0.231. The molecule has 17 heavy (non-hydrogen) atoms. The molecule has 0 saturated heterocycles. The lowest BCUT2D eigenvalue weighted by Gasteiger charge is -2.06. The summed E-state index contributed by atoms with van der Waals surface area (Å²) in [6.45, 7) is 4.10. The number of nitriles is 1. The van der Waals surface area contributed by atoms with Crippen molar-refractivity contribution >= 4 is 15.9 Å². The first kappa shape index (κ1) is 11.9. The minimum absolute atomic E-state index is 0.318. The van der Waals surface area contributed by atoms with Gasteiger partial charge in [0, 0.05) is 6.20 Å². The molecule has 0 radical (unpaired) electrons. The molecule has 0 aliphatic heterocycles. The van der Waals surface area contributed by atoms with E-state index in [4.69, 9.17) is 5.26 Å². The fourth-order valence-electron chi connectivity index (χ4n) is 1.67. The van der Waals surface area contributed by atoms with E-state index in [0.717, 1.165) is 21.4 Å². The Morgan fingerprint density at radius 2 is 2.18 bits per heavy atom. The minimum Gasteiger partial charge on any atom is -0.239 e. The van der Waals surface area contributed by atoms with E-state index in [1.54, 1.807) is 0 Å². The summed E-state index contributed by atoms with van der Waals surface area (Å²) >= 11 is 3.42. The van der Waals surface area contributed by atoms with Crippen LogP contribution in [0.25, 0.3) is 5.69 Å². The van der Waals surface area contributed by atoms with E-state index in [9.17, 15) is 0 Å². The maximum Gasteiger partial charge on any atom is 0.0911 e. The van der Waals surface area contributed by atoms with Crippen molar-refractivity contribution in [2.45, 2.75) is 20.3 Å². The number of halogens is 1. The van der Waals surface area contributed by atoms with E-state index in [1.807, 2.05) is 17.8 Å². The van der Waals surface area contributed by atoms with Crippen molar-refractivity contribution in [3.05, 3.63) is 45.7 Å². The normalized spacial score (nSPS) is 10.2. The lowest BCUT2D eigenvalue weighted by molar-refractivity contribution is 0.845. The summed E-state index contributed by atoms with van der Waals surface area (Å²) in [7, 11) is 0. The topological polar surface area (TPSA) is 41.6 Å². The average Bonchev–Trinajstić information content (AvgIpc) is 2.64. The molecule has 0 spiro atoms. The molecule has 0 atom stereocenters. The molecule has 0 aliphatic carbocycles. The number of hydrogen-bond donors (Lipinski definition) is 0. The largest absolute Gasteiger partial charge is 0.239 e. The molecule has 1 aromatic heterocycles. The van der Waals surface area contributed by atoms with Crippen molar-refractivity contribution in [2.24, 2.45) is 0 Å². The van der Waals surface area contributed by atoms with Gasteiger partial charge in [0.1, 0.15) is 0 Å². The highest BCUT2D eigenvalue weighted by Gasteiger charge is 2.09. The summed E-state index contributed by atoms with van der Waals surface area (Å²) < 4.78 is 2.69. The van der Waals surface area contributed by atoms with Crippen LogP contribution in [0.1, 0.15) is 16.8 Å². The van der Waals surface area contributed by atoms with Gasteiger partial charge in [-0.2, -0.15) is 10.4 Å². The van der Waals surface area contributed by atoms with Crippen molar-refractivity contribution in [3.63, 3.8) is 0 Å². The molecule has 86 valence electrons. The van der Waals surface area contributed by atoms with E-state index < -0.39 is 0 Å². The van der Waals surface area contributed by atoms with E-state index in [-0.39, 0.29) is 0 Å². The highest BCUT2D eigenvalue weighted by Crippen LogP contribution is 2.21. The van der Waals surface area contributed by atoms with Crippen molar-refractivity contribution < 1.29 is 0 Å². The summed E-state index contributed by atoms with van der Waals surface area (Å²) in [6.07, 6.45) is 2.22. The van der Waals surface area contributed by atoms with Crippen LogP contribution in [0.2, 0.25) is 0 Å². The molecular formula is C13H12BrN3. The smallest absolute Gasteiger partial charge is 0.0911 e. The Kier molecular flexibility index (Phi) is 3.30. The van der Waals surface area contributed by atoms with Crippen LogP contribution in [0.4, 0.5) is 0 Å². The molecular weight excluding hydrogens is 278 g/mol. The quantitative estimate of drug-likeness (QED) is 0.851. The molecule has 0 saturated carbocycles. The van der Waals surface area contributed by atoms with E-state index in [2.05, 4.69) is 52.2 Å². The van der Waals surface area contributed by atoms with E-state index >= 15 is 0 Å². The van der Waals surface area contributed by atoms with E-state index in [0.29, 0.717) is 6.42 Å². The van der Waals surface area contributed by atoms with E-state index in [1.165, 1.54) is 5.56 Å². The van der Waals surface area contributed by atoms with Crippen LogP contribution >= 0.6 is 15.9 Å². The lowest BCUT2D eigenvalue weighted by atomic mass is 10.1. The number of aryl methyl sites for hydroxylation is 2. The molecule has 1 aromatic carbocycles. The molecule has 0 bridgehead atoms. The third kappa shape index (κ3) is 2.40. The molecule has 2 rings (SSSR count). The molecule has 4 heteroatoms. The van der Waals surface area contributed by atoms with Gasteiger partial charge in [0.2, 0.25) is 0 Å². The molecule has 3 nitrogen and oxygen atoms in total. The molecule has 0 amide bonds. The van der Waals surface area contributed by atoms with Crippen LogP contribution in [0.5, 0.6) is 0 Å². The zero-order valence-electron chi connectivity index (χ0n) is 9.74. The molecule has 1 heterocycles. The average molecular weight is 290 g/mol. The van der Waals surface area contributed by atoms with Crippen LogP contribution in [-0.2, 0) is 6.42 Å². The second-order valence-electron chi connectivity index (χ2n) is 3.99. The number of nitrogens with zero attached hydrogens (tertiary/aromatic N) is 3. The summed E-state index contributed by atoms with van der Waals surface area (Å²) in [5.41, 5.74) is 4.18. The first-order chi connectivity index (χ1) is 8.11. The van der Waals surface area contributed by atoms with Gasteiger partial charge in [0.15, 0.2) is 0 Å². The van der Waals surface area contributed by atoms with Gasteiger partial charge < -0.3 is 0 Å². The number of rotatable bonds is 2.